The molecule has 2 amide bonds. The van der Waals surface area contributed by atoms with Gasteiger partial charge in [-0.25, -0.2) is 9.97 Å². The summed E-state index contributed by atoms with van der Waals surface area (Å²) in [4.78, 5) is 31.6. The maximum absolute atomic E-state index is 12.2. The zero-order chi connectivity index (χ0) is 20.1. The number of carbonyl (C=O) groups is 2. The van der Waals surface area contributed by atoms with Crippen LogP contribution in [0.3, 0.4) is 0 Å². The normalized spacial score (nSPS) is 15.6. The fraction of sp³-hybridized carbons (Fsp3) is 0.400. The van der Waals surface area contributed by atoms with Crippen molar-refractivity contribution in [3.05, 3.63) is 52.1 Å². The largest absolute Gasteiger partial charge is 0.493 e. The highest BCUT2D eigenvalue weighted by molar-refractivity contribution is 6.30. The van der Waals surface area contributed by atoms with Gasteiger partial charge in [-0.15, -0.1) is 0 Å². The van der Waals surface area contributed by atoms with Crippen LogP contribution in [-0.4, -0.2) is 34.4 Å². The molecule has 0 saturated carbocycles. The number of ether oxygens (including phenoxy) is 1. The first-order valence-electron chi connectivity index (χ1n) is 9.25. The van der Waals surface area contributed by atoms with Crippen molar-refractivity contribution in [1.82, 2.24) is 15.3 Å². The topological polar surface area (TPSA) is 107 Å². The van der Waals surface area contributed by atoms with Gasteiger partial charge in [0.05, 0.1) is 6.61 Å². The van der Waals surface area contributed by atoms with Gasteiger partial charge in [0, 0.05) is 29.4 Å². The molecule has 0 spiro atoms. The van der Waals surface area contributed by atoms with Crippen molar-refractivity contribution in [3.63, 3.8) is 0 Å². The van der Waals surface area contributed by atoms with Crippen molar-refractivity contribution in [2.24, 2.45) is 5.73 Å². The predicted molar refractivity (Wildman–Crippen MR) is 105 cm³/mol. The van der Waals surface area contributed by atoms with E-state index in [0.717, 1.165) is 29.0 Å². The maximum atomic E-state index is 12.2. The molecule has 1 aliphatic rings. The molecule has 1 atom stereocenters. The van der Waals surface area contributed by atoms with Crippen LogP contribution in [0.15, 0.2) is 24.4 Å². The fourth-order valence-electron chi connectivity index (χ4n) is 3.24. The van der Waals surface area contributed by atoms with E-state index in [0.29, 0.717) is 37.3 Å². The van der Waals surface area contributed by atoms with Crippen LogP contribution in [0.4, 0.5) is 0 Å². The van der Waals surface area contributed by atoms with Gasteiger partial charge in [-0.05, 0) is 61.9 Å². The minimum atomic E-state index is -0.630. The summed E-state index contributed by atoms with van der Waals surface area (Å²) >= 11 is 5.93. The fourth-order valence-corrected chi connectivity index (χ4v) is 3.47. The van der Waals surface area contributed by atoms with Crippen LogP contribution in [0.25, 0.3) is 0 Å². The second-order valence-corrected chi connectivity index (χ2v) is 7.34. The Morgan fingerprint density at radius 3 is 2.96 bits per heavy atom. The number of aromatic nitrogens is 2. The zero-order valence-corrected chi connectivity index (χ0v) is 16.5. The van der Waals surface area contributed by atoms with E-state index in [1.807, 2.05) is 19.1 Å². The Morgan fingerprint density at radius 2 is 2.21 bits per heavy atom. The molecule has 1 aromatic heterocycles. The molecule has 7 nitrogen and oxygen atoms in total. The van der Waals surface area contributed by atoms with Crippen LogP contribution in [0.1, 0.15) is 46.7 Å². The Kier molecular flexibility index (Phi) is 6.46. The van der Waals surface area contributed by atoms with Crippen molar-refractivity contribution in [3.8, 4) is 5.75 Å². The smallest absolute Gasteiger partial charge is 0.286 e. The Hall–Kier alpha value is -2.67. The SMILES string of the molecule is Cc1cc(Cl)ccc1OCCCC(=O)NC1CCc2nc(C(N)=O)ncc2C1. The molecule has 28 heavy (non-hydrogen) atoms. The van der Waals surface area contributed by atoms with Crippen molar-refractivity contribution in [1.29, 1.82) is 0 Å². The van der Waals surface area contributed by atoms with Gasteiger partial charge in [-0.2, -0.15) is 0 Å². The Bertz CT molecular complexity index is 888. The van der Waals surface area contributed by atoms with Crippen molar-refractivity contribution in [2.45, 2.75) is 45.1 Å². The predicted octanol–water partition coefficient (Wildman–Crippen LogP) is 2.37. The van der Waals surface area contributed by atoms with Gasteiger partial charge >= 0.3 is 0 Å². The summed E-state index contributed by atoms with van der Waals surface area (Å²) in [6, 6.07) is 5.51. The molecule has 0 radical (unpaired) electrons. The number of amides is 2. The lowest BCUT2D eigenvalue weighted by Gasteiger charge is -2.24. The Morgan fingerprint density at radius 1 is 1.39 bits per heavy atom. The van der Waals surface area contributed by atoms with E-state index < -0.39 is 5.91 Å². The van der Waals surface area contributed by atoms with E-state index in [9.17, 15) is 9.59 Å². The van der Waals surface area contributed by atoms with Gasteiger partial charge in [0.15, 0.2) is 0 Å². The number of benzene rings is 1. The average molecular weight is 403 g/mol. The van der Waals surface area contributed by atoms with E-state index >= 15 is 0 Å². The minimum absolute atomic E-state index is 0.000414. The summed E-state index contributed by atoms with van der Waals surface area (Å²) in [5, 5.41) is 3.73. The van der Waals surface area contributed by atoms with Crippen molar-refractivity contribution >= 4 is 23.4 Å². The molecule has 1 unspecified atom stereocenters. The van der Waals surface area contributed by atoms with Crippen molar-refractivity contribution < 1.29 is 14.3 Å². The number of fused-ring (bicyclic) bond motifs is 1. The van der Waals surface area contributed by atoms with Gasteiger partial charge in [0.2, 0.25) is 11.7 Å². The first-order valence-corrected chi connectivity index (χ1v) is 9.63. The molecule has 3 rings (SSSR count). The molecule has 1 heterocycles. The monoisotopic (exact) mass is 402 g/mol. The van der Waals surface area contributed by atoms with Crippen LogP contribution < -0.4 is 15.8 Å². The van der Waals surface area contributed by atoms with Gasteiger partial charge in [-0.1, -0.05) is 11.6 Å². The number of nitrogens with zero attached hydrogens (tertiary/aromatic N) is 2. The lowest BCUT2D eigenvalue weighted by atomic mass is 9.92. The minimum Gasteiger partial charge on any atom is -0.493 e. The number of primary amides is 1. The van der Waals surface area contributed by atoms with E-state index in [1.54, 1.807) is 12.3 Å². The zero-order valence-electron chi connectivity index (χ0n) is 15.7. The van der Waals surface area contributed by atoms with E-state index in [2.05, 4.69) is 15.3 Å². The standard InChI is InChI=1S/C20H23ClN4O3/c1-12-9-14(21)4-7-17(12)28-8-2-3-18(26)24-15-5-6-16-13(10-15)11-23-20(25-16)19(22)27/h4,7,9,11,15H,2-3,5-6,8,10H2,1H3,(H2,22,27)(H,24,26). The Balaban J connectivity index is 1.42. The summed E-state index contributed by atoms with van der Waals surface area (Å²) in [6.45, 7) is 2.40. The lowest BCUT2D eigenvalue weighted by molar-refractivity contribution is -0.122. The van der Waals surface area contributed by atoms with E-state index in [4.69, 9.17) is 22.1 Å². The lowest BCUT2D eigenvalue weighted by Crippen LogP contribution is -2.39. The van der Waals surface area contributed by atoms with Gasteiger partial charge < -0.3 is 15.8 Å². The van der Waals surface area contributed by atoms with Gasteiger partial charge in [-0.3, -0.25) is 9.59 Å². The van der Waals surface area contributed by atoms with Crippen LogP contribution >= 0.6 is 11.6 Å². The molecule has 148 valence electrons. The number of carbonyl (C=O) groups excluding carboxylic acids is 2. The third-order valence-corrected chi connectivity index (χ3v) is 4.91. The number of nitrogens with one attached hydrogen (secondary N) is 1. The number of nitrogens with two attached hydrogens (primary N) is 1. The molecule has 8 heteroatoms. The average Bonchev–Trinajstić information content (AvgIpc) is 2.66. The number of rotatable bonds is 7. The quantitative estimate of drug-likeness (QED) is 0.691. The van der Waals surface area contributed by atoms with Gasteiger partial charge in [0.1, 0.15) is 5.75 Å². The number of aryl methyl sites for hydroxylation is 2. The highest BCUT2D eigenvalue weighted by Crippen LogP contribution is 2.22. The summed E-state index contributed by atoms with van der Waals surface area (Å²) in [5.41, 5.74) is 7.97. The number of halogens is 1. The third-order valence-electron chi connectivity index (χ3n) is 4.68. The third kappa shape index (κ3) is 5.19. The molecular weight excluding hydrogens is 380 g/mol. The summed E-state index contributed by atoms with van der Waals surface area (Å²) in [7, 11) is 0. The molecule has 2 aromatic rings. The molecule has 1 aliphatic carbocycles. The molecule has 3 N–H and O–H groups in total. The van der Waals surface area contributed by atoms with Crippen molar-refractivity contribution in [2.75, 3.05) is 6.61 Å². The van der Waals surface area contributed by atoms with Crippen LogP contribution in [-0.2, 0) is 17.6 Å². The second-order valence-electron chi connectivity index (χ2n) is 6.90. The molecule has 1 aromatic carbocycles. The molecule has 0 aliphatic heterocycles. The number of hydrogen-bond acceptors (Lipinski definition) is 5. The van der Waals surface area contributed by atoms with Crippen LogP contribution in [0.2, 0.25) is 5.02 Å². The summed E-state index contributed by atoms with van der Waals surface area (Å²) in [5.74, 6) is 0.190. The Labute approximate surface area is 168 Å². The maximum Gasteiger partial charge on any atom is 0.286 e. The molecule has 0 saturated heterocycles. The number of hydrogen-bond donors (Lipinski definition) is 2. The highest BCUT2D eigenvalue weighted by Gasteiger charge is 2.22. The first-order chi connectivity index (χ1) is 13.4. The van der Waals surface area contributed by atoms with Crippen LogP contribution in [0.5, 0.6) is 5.75 Å². The van der Waals surface area contributed by atoms with Crippen LogP contribution in [0, 0.1) is 6.92 Å². The van der Waals surface area contributed by atoms with E-state index in [1.165, 1.54) is 0 Å². The summed E-state index contributed by atoms with van der Waals surface area (Å²) < 4.78 is 5.72. The first kappa shape index (κ1) is 20.1. The van der Waals surface area contributed by atoms with Gasteiger partial charge in [0.25, 0.3) is 5.91 Å². The second kappa shape index (κ2) is 9.01. The highest BCUT2D eigenvalue weighted by atomic mass is 35.5. The summed E-state index contributed by atoms with van der Waals surface area (Å²) in [6.07, 6.45) is 4.76. The molecular formula is C20H23ClN4O3. The van der Waals surface area contributed by atoms with E-state index in [-0.39, 0.29) is 17.8 Å². The molecule has 0 fully saturated rings. The molecule has 0 bridgehead atoms.